The molecular weight excluding hydrogens is 502 g/mol. The third kappa shape index (κ3) is 4.60. The molecular formula is C31H39N7O2. The van der Waals surface area contributed by atoms with E-state index in [1.165, 1.54) is 12.1 Å². The maximum atomic E-state index is 6.38. The summed E-state index contributed by atoms with van der Waals surface area (Å²) in [5.74, 6) is 2.44. The van der Waals surface area contributed by atoms with Gasteiger partial charge in [-0.2, -0.15) is 4.98 Å². The van der Waals surface area contributed by atoms with E-state index in [9.17, 15) is 0 Å². The molecule has 0 spiro atoms. The van der Waals surface area contributed by atoms with E-state index < -0.39 is 0 Å². The summed E-state index contributed by atoms with van der Waals surface area (Å²) in [5, 5.41) is 7.05. The average Bonchev–Trinajstić information content (AvgIpc) is 3.59. The van der Waals surface area contributed by atoms with Crippen LogP contribution in [0.15, 0.2) is 48.7 Å². The summed E-state index contributed by atoms with van der Waals surface area (Å²) in [7, 11) is 0. The van der Waals surface area contributed by atoms with Crippen LogP contribution in [-0.4, -0.2) is 66.0 Å². The maximum Gasteiger partial charge on any atom is 0.229 e. The predicted molar refractivity (Wildman–Crippen MR) is 157 cm³/mol. The molecule has 1 aromatic carbocycles. The predicted octanol–water partition coefficient (Wildman–Crippen LogP) is 4.85. The third-order valence-corrected chi connectivity index (χ3v) is 9.03. The van der Waals surface area contributed by atoms with E-state index in [1.54, 1.807) is 0 Å². The zero-order valence-corrected chi connectivity index (χ0v) is 23.7. The van der Waals surface area contributed by atoms with Crippen molar-refractivity contribution in [1.82, 2.24) is 20.3 Å². The van der Waals surface area contributed by atoms with Gasteiger partial charge in [0.25, 0.3) is 0 Å². The van der Waals surface area contributed by atoms with Crippen LogP contribution in [0.3, 0.4) is 0 Å². The van der Waals surface area contributed by atoms with Gasteiger partial charge < -0.3 is 29.9 Å². The zero-order chi connectivity index (χ0) is 27.3. The Morgan fingerprint density at radius 1 is 1.02 bits per heavy atom. The maximum absolute atomic E-state index is 6.38. The lowest BCUT2D eigenvalue weighted by Crippen LogP contribution is -2.54. The second-order valence-corrected chi connectivity index (χ2v) is 12.3. The van der Waals surface area contributed by atoms with Gasteiger partial charge in [-0.3, -0.25) is 0 Å². The van der Waals surface area contributed by atoms with Gasteiger partial charge in [0, 0.05) is 47.7 Å². The van der Waals surface area contributed by atoms with Gasteiger partial charge in [-0.05, 0) is 76.1 Å². The first-order valence-corrected chi connectivity index (χ1v) is 14.6. The Hall–Kier alpha value is -3.27. The number of aromatic nitrogens is 3. The molecule has 0 aliphatic carbocycles. The van der Waals surface area contributed by atoms with E-state index in [-0.39, 0.29) is 17.1 Å². The monoisotopic (exact) mass is 541 g/mol. The largest absolute Gasteiger partial charge is 0.378 e. The Bertz CT molecular complexity index is 1370. The van der Waals surface area contributed by atoms with Crippen LogP contribution in [0.25, 0.3) is 0 Å². The number of ether oxygens (including phenoxy) is 2. The second-order valence-electron chi connectivity index (χ2n) is 12.3. The Labute approximate surface area is 236 Å². The van der Waals surface area contributed by atoms with Crippen LogP contribution in [0.2, 0.25) is 0 Å². The van der Waals surface area contributed by atoms with Crippen molar-refractivity contribution in [2.45, 2.75) is 63.1 Å². The summed E-state index contributed by atoms with van der Waals surface area (Å²) in [4.78, 5) is 19.8. The number of nitrogens with one attached hydrogen (secondary N) is 2. The zero-order valence-electron chi connectivity index (χ0n) is 23.7. The van der Waals surface area contributed by atoms with Crippen LogP contribution in [0.1, 0.15) is 57.3 Å². The minimum absolute atomic E-state index is 0.169. The molecule has 0 amide bonds. The van der Waals surface area contributed by atoms with Gasteiger partial charge >= 0.3 is 0 Å². The lowest BCUT2D eigenvalue weighted by molar-refractivity contribution is -0.0893. The highest BCUT2D eigenvalue weighted by Gasteiger charge is 2.55. The van der Waals surface area contributed by atoms with Crippen LogP contribution in [0.5, 0.6) is 0 Å². The van der Waals surface area contributed by atoms with Gasteiger partial charge in [0.05, 0.1) is 37.2 Å². The van der Waals surface area contributed by atoms with Crippen molar-refractivity contribution in [2.75, 3.05) is 54.6 Å². The number of morpholine rings is 1. The van der Waals surface area contributed by atoms with Gasteiger partial charge in [-0.1, -0.05) is 13.0 Å². The van der Waals surface area contributed by atoms with E-state index >= 15 is 0 Å². The summed E-state index contributed by atoms with van der Waals surface area (Å²) in [6, 6.07) is 15.4. The SMILES string of the molecule is CC1(C)C[C@@H]2N(c3cccc([C@H]4CCCN4)n3)c3nc(Nc4ccc(N5CCOCC5)cc4)ncc3[C@]2(C)CO1. The van der Waals surface area contributed by atoms with E-state index in [0.29, 0.717) is 18.6 Å². The number of hydrogen-bond donors (Lipinski definition) is 2. The molecule has 9 heteroatoms. The molecule has 3 atom stereocenters. The van der Waals surface area contributed by atoms with Crippen LogP contribution in [-0.2, 0) is 14.9 Å². The number of benzene rings is 1. The fourth-order valence-corrected chi connectivity index (χ4v) is 6.67. The number of pyridine rings is 1. The van der Waals surface area contributed by atoms with E-state index in [2.05, 4.69) is 83.7 Å². The van der Waals surface area contributed by atoms with Crippen LogP contribution in [0.4, 0.5) is 29.0 Å². The molecule has 0 saturated carbocycles. The molecule has 3 fully saturated rings. The molecule has 0 bridgehead atoms. The molecule has 3 aromatic rings. The highest BCUT2D eigenvalue weighted by Crippen LogP contribution is 2.53. The first-order chi connectivity index (χ1) is 19.4. The molecule has 3 saturated heterocycles. The quantitative estimate of drug-likeness (QED) is 0.471. The second kappa shape index (κ2) is 9.98. The normalized spacial score (nSPS) is 27.4. The number of hydrogen-bond acceptors (Lipinski definition) is 9. The van der Waals surface area contributed by atoms with Crippen molar-refractivity contribution in [1.29, 1.82) is 0 Å². The summed E-state index contributed by atoms with van der Waals surface area (Å²) in [6.45, 7) is 11.7. The Morgan fingerprint density at radius 3 is 2.62 bits per heavy atom. The molecule has 40 heavy (non-hydrogen) atoms. The molecule has 2 aromatic heterocycles. The standard InChI is InChI=1S/C31H39N7O2/c1-30(2)18-26-31(3,20-40-30)23-19-33-29(34-21-9-11-22(12-10-21)37-14-16-39-17-15-37)36-28(23)38(26)27-8-4-6-25(35-27)24-7-5-13-32-24/h4,6,8-12,19,24,26,32H,5,7,13-18,20H2,1-3H3,(H,33,34,36)/t24-,26+,31+/m1/s1. The molecule has 9 nitrogen and oxygen atoms in total. The van der Waals surface area contributed by atoms with Crippen molar-refractivity contribution in [3.05, 3.63) is 59.9 Å². The van der Waals surface area contributed by atoms with Crippen LogP contribution in [0, 0.1) is 0 Å². The number of anilines is 5. The molecule has 210 valence electrons. The lowest BCUT2D eigenvalue weighted by Gasteiger charge is -2.46. The third-order valence-electron chi connectivity index (χ3n) is 9.03. The van der Waals surface area contributed by atoms with Crippen molar-refractivity contribution >= 4 is 29.0 Å². The van der Waals surface area contributed by atoms with E-state index in [1.807, 2.05) is 6.20 Å². The van der Waals surface area contributed by atoms with E-state index in [4.69, 9.17) is 24.4 Å². The molecule has 0 radical (unpaired) electrons. The number of rotatable bonds is 5. The topological polar surface area (TPSA) is 87.7 Å². The van der Waals surface area contributed by atoms with Gasteiger partial charge in [0.1, 0.15) is 11.6 Å². The summed E-state index contributed by atoms with van der Waals surface area (Å²) in [6.07, 6.45) is 5.17. The molecule has 2 N–H and O–H groups in total. The van der Waals surface area contributed by atoms with Crippen molar-refractivity contribution < 1.29 is 9.47 Å². The minimum atomic E-state index is -0.230. The summed E-state index contributed by atoms with van der Waals surface area (Å²) in [5.41, 5.74) is 3.93. The fourth-order valence-electron chi connectivity index (χ4n) is 6.67. The summed E-state index contributed by atoms with van der Waals surface area (Å²) >= 11 is 0. The molecule has 4 aliphatic heterocycles. The Kier molecular flexibility index (Phi) is 6.40. The first-order valence-electron chi connectivity index (χ1n) is 14.6. The van der Waals surface area contributed by atoms with Crippen LogP contribution < -0.4 is 20.4 Å². The van der Waals surface area contributed by atoms with Crippen LogP contribution >= 0.6 is 0 Å². The van der Waals surface area contributed by atoms with E-state index in [0.717, 1.165) is 74.3 Å². The van der Waals surface area contributed by atoms with Crippen molar-refractivity contribution in [3.63, 3.8) is 0 Å². The first kappa shape index (κ1) is 25.7. The lowest BCUT2D eigenvalue weighted by atomic mass is 9.73. The Balaban J connectivity index is 1.22. The average molecular weight is 542 g/mol. The number of nitrogens with zero attached hydrogens (tertiary/aromatic N) is 5. The smallest absolute Gasteiger partial charge is 0.229 e. The van der Waals surface area contributed by atoms with Crippen molar-refractivity contribution in [3.8, 4) is 0 Å². The van der Waals surface area contributed by atoms with Gasteiger partial charge in [0.2, 0.25) is 5.95 Å². The Morgan fingerprint density at radius 2 is 1.85 bits per heavy atom. The molecule has 7 rings (SSSR count). The van der Waals surface area contributed by atoms with Gasteiger partial charge in [0.15, 0.2) is 0 Å². The highest BCUT2D eigenvalue weighted by atomic mass is 16.5. The molecule has 6 heterocycles. The fraction of sp³-hybridized carbons (Fsp3) is 0.516. The van der Waals surface area contributed by atoms with Gasteiger partial charge in [-0.15, -0.1) is 0 Å². The highest BCUT2D eigenvalue weighted by molar-refractivity contribution is 5.71. The molecule has 4 aliphatic rings. The van der Waals surface area contributed by atoms with Gasteiger partial charge in [-0.25, -0.2) is 9.97 Å². The minimum Gasteiger partial charge on any atom is -0.378 e. The number of fused-ring (bicyclic) bond motifs is 3. The summed E-state index contributed by atoms with van der Waals surface area (Å²) < 4.78 is 11.9. The van der Waals surface area contributed by atoms with Crippen molar-refractivity contribution in [2.24, 2.45) is 0 Å². The molecule has 0 unspecified atom stereocenters.